The van der Waals surface area contributed by atoms with Crippen LogP contribution >= 0.6 is 11.3 Å². The molecule has 1 fully saturated rings. The van der Waals surface area contributed by atoms with Crippen LogP contribution in [0.3, 0.4) is 0 Å². The van der Waals surface area contributed by atoms with E-state index in [4.69, 9.17) is 0 Å². The van der Waals surface area contributed by atoms with E-state index in [0.717, 1.165) is 24.3 Å². The number of hydrogen-bond acceptors (Lipinski definition) is 3. The van der Waals surface area contributed by atoms with Crippen molar-refractivity contribution < 1.29 is 4.79 Å². The van der Waals surface area contributed by atoms with Gasteiger partial charge in [0.15, 0.2) is 0 Å². The smallest absolute Gasteiger partial charge is 0.270 e. The van der Waals surface area contributed by atoms with Gasteiger partial charge in [-0.2, -0.15) is 0 Å². The van der Waals surface area contributed by atoms with Gasteiger partial charge >= 0.3 is 0 Å². The first kappa shape index (κ1) is 10.6. The summed E-state index contributed by atoms with van der Waals surface area (Å²) >= 11 is 1.58. The Morgan fingerprint density at radius 2 is 2.40 bits per heavy atom. The number of carbonyl (C=O) groups excluding carboxylic acids is 1. The highest BCUT2D eigenvalue weighted by Gasteiger charge is 2.24. The molecule has 0 aliphatic heterocycles. The molecule has 3 nitrogen and oxygen atoms in total. The van der Waals surface area contributed by atoms with E-state index < -0.39 is 0 Å². The molecule has 1 saturated carbocycles. The van der Waals surface area contributed by atoms with Gasteiger partial charge in [0, 0.05) is 17.8 Å². The summed E-state index contributed by atoms with van der Waals surface area (Å²) in [5.41, 5.74) is 0.586. The molecular formula is C11H16N2OS. The number of rotatable bonds is 4. The Hall–Kier alpha value is -0.900. The van der Waals surface area contributed by atoms with Gasteiger partial charge in [-0.1, -0.05) is 13.8 Å². The van der Waals surface area contributed by atoms with Crippen LogP contribution in [0.4, 0.5) is 0 Å². The lowest BCUT2D eigenvalue weighted by Crippen LogP contribution is -2.25. The van der Waals surface area contributed by atoms with Gasteiger partial charge in [0.2, 0.25) is 0 Å². The highest BCUT2D eigenvalue weighted by molar-refractivity contribution is 7.09. The average Bonchev–Trinajstić information content (AvgIpc) is 2.83. The lowest BCUT2D eigenvalue weighted by atomic mass is 10.1. The molecule has 2 rings (SSSR count). The van der Waals surface area contributed by atoms with Crippen molar-refractivity contribution in [3.63, 3.8) is 0 Å². The molecule has 15 heavy (non-hydrogen) atoms. The zero-order valence-electron chi connectivity index (χ0n) is 9.12. The van der Waals surface area contributed by atoms with Crippen LogP contribution in [0, 0.1) is 5.92 Å². The minimum Gasteiger partial charge on any atom is -0.348 e. The first-order valence-corrected chi connectivity index (χ1v) is 6.28. The summed E-state index contributed by atoms with van der Waals surface area (Å²) < 4.78 is 0. The summed E-state index contributed by atoms with van der Waals surface area (Å²) in [6, 6.07) is 0.410. The molecule has 0 aromatic carbocycles. The Morgan fingerprint density at radius 1 is 1.67 bits per heavy atom. The first-order valence-electron chi connectivity index (χ1n) is 5.40. The van der Waals surface area contributed by atoms with Gasteiger partial charge in [0.05, 0.1) is 5.01 Å². The Kier molecular flexibility index (Phi) is 3.05. The van der Waals surface area contributed by atoms with Crippen molar-refractivity contribution in [3.8, 4) is 0 Å². The van der Waals surface area contributed by atoms with E-state index in [2.05, 4.69) is 24.1 Å². The van der Waals surface area contributed by atoms with Crippen LogP contribution in [0.1, 0.15) is 42.2 Å². The number of carbonyl (C=O) groups is 1. The summed E-state index contributed by atoms with van der Waals surface area (Å²) in [5.74, 6) is 0.583. The maximum Gasteiger partial charge on any atom is 0.270 e. The number of nitrogens with zero attached hydrogens (tertiary/aromatic N) is 1. The molecule has 1 heterocycles. The van der Waals surface area contributed by atoms with Crippen LogP contribution in [0.5, 0.6) is 0 Å². The van der Waals surface area contributed by atoms with Crippen LogP contribution in [0.2, 0.25) is 0 Å². The highest BCUT2D eigenvalue weighted by atomic mass is 32.1. The van der Waals surface area contributed by atoms with Crippen LogP contribution in [0.25, 0.3) is 0 Å². The largest absolute Gasteiger partial charge is 0.348 e. The van der Waals surface area contributed by atoms with Crippen molar-refractivity contribution in [1.82, 2.24) is 10.3 Å². The van der Waals surface area contributed by atoms with Gasteiger partial charge in [-0.25, -0.2) is 4.98 Å². The second-order valence-corrected chi connectivity index (χ2v) is 5.41. The van der Waals surface area contributed by atoms with Crippen LogP contribution < -0.4 is 5.32 Å². The average molecular weight is 224 g/mol. The zero-order valence-corrected chi connectivity index (χ0v) is 9.93. The third kappa shape index (κ3) is 3.02. The molecule has 0 bridgehead atoms. The van der Waals surface area contributed by atoms with E-state index in [1.807, 2.05) is 5.38 Å². The minimum absolute atomic E-state index is 0.0104. The van der Waals surface area contributed by atoms with Gasteiger partial charge in [-0.3, -0.25) is 4.79 Å². The lowest BCUT2D eigenvalue weighted by molar-refractivity contribution is 0.0946. The van der Waals surface area contributed by atoms with E-state index in [1.165, 1.54) is 0 Å². The molecule has 0 spiro atoms. The van der Waals surface area contributed by atoms with E-state index >= 15 is 0 Å². The molecule has 0 radical (unpaired) electrons. The summed E-state index contributed by atoms with van der Waals surface area (Å²) in [4.78, 5) is 16.0. The van der Waals surface area contributed by atoms with Crippen molar-refractivity contribution >= 4 is 17.2 Å². The third-order valence-electron chi connectivity index (χ3n) is 2.28. The van der Waals surface area contributed by atoms with E-state index in [9.17, 15) is 4.79 Å². The molecule has 4 heteroatoms. The van der Waals surface area contributed by atoms with Gasteiger partial charge in [-0.05, 0) is 18.8 Å². The van der Waals surface area contributed by atoms with Crippen molar-refractivity contribution in [3.05, 3.63) is 16.1 Å². The maximum absolute atomic E-state index is 11.6. The standard InChI is InChI=1S/C11H16N2OS/c1-7(2)5-10-13-9(6-15-10)11(14)12-8-3-4-8/h6-8H,3-5H2,1-2H3,(H,12,14). The number of nitrogens with one attached hydrogen (secondary N) is 1. The number of aromatic nitrogens is 1. The molecule has 1 aliphatic rings. The Labute approximate surface area is 93.9 Å². The minimum atomic E-state index is -0.0104. The van der Waals surface area contributed by atoms with Crippen molar-refractivity contribution in [2.75, 3.05) is 0 Å². The van der Waals surface area contributed by atoms with E-state index in [0.29, 0.717) is 17.7 Å². The summed E-state index contributed by atoms with van der Waals surface area (Å²) in [5, 5.41) is 5.86. The first-order chi connectivity index (χ1) is 7.15. The van der Waals surface area contributed by atoms with E-state index in [1.54, 1.807) is 11.3 Å². The second-order valence-electron chi connectivity index (χ2n) is 4.47. The molecule has 0 atom stereocenters. The topological polar surface area (TPSA) is 42.0 Å². The predicted molar refractivity (Wildman–Crippen MR) is 61.1 cm³/mol. The molecule has 1 amide bonds. The zero-order chi connectivity index (χ0) is 10.8. The molecule has 0 saturated heterocycles. The highest BCUT2D eigenvalue weighted by Crippen LogP contribution is 2.20. The molecule has 82 valence electrons. The van der Waals surface area contributed by atoms with Gasteiger partial charge in [0.25, 0.3) is 5.91 Å². The molecule has 0 unspecified atom stereocenters. The van der Waals surface area contributed by atoms with Crippen LogP contribution in [-0.4, -0.2) is 16.9 Å². The molecule has 1 N–H and O–H groups in total. The second kappa shape index (κ2) is 4.31. The molecular weight excluding hydrogens is 208 g/mol. The normalized spacial score (nSPS) is 15.7. The van der Waals surface area contributed by atoms with Crippen LogP contribution in [0.15, 0.2) is 5.38 Å². The fraction of sp³-hybridized carbons (Fsp3) is 0.636. The Bertz CT molecular complexity index is 355. The van der Waals surface area contributed by atoms with Gasteiger partial charge in [-0.15, -0.1) is 11.3 Å². The van der Waals surface area contributed by atoms with Crippen molar-refractivity contribution in [2.45, 2.75) is 39.2 Å². The molecule has 1 aliphatic carbocycles. The third-order valence-corrected chi connectivity index (χ3v) is 3.15. The van der Waals surface area contributed by atoms with E-state index in [-0.39, 0.29) is 5.91 Å². The number of hydrogen-bond donors (Lipinski definition) is 1. The monoisotopic (exact) mass is 224 g/mol. The molecule has 1 aromatic heterocycles. The van der Waals surface area contributed by atoms with Gasteiger partial charge < -0.3 is 5.32 Å². The quantitative estimate of drug-likeness (QED) is 0.852. The number of amides is 1. The number of thiazole rings is 1. The lowest BCUT2D eigenvalue weighted by Gasteiger charge is -2.00. The fourth-order valence-corrected chi connectivity index (χ4v) is 2.33. The summed E-state index contributed by atoms with van der Waals surface area (Å²) in [7, 11) is 0. The predicted octanol–water partition coefficient (Wildman–Crippen LogP) is 2.23. The van der Waals surface area contributed by atoms with Gasteiger partial charge in [0.1, 0.15) is 5.69 Å². The maximum atomic E-state index is 11.6. The van der Waals surface area contributed by atoms with Crippen LogP contribution in [-0.2, 0) is 6.42 Å². The van der Waals surface area contributed by atoms with Crippen molar-refractivity contribution in [1.29, 1.82) is 0 Å². The van der Waals surface area contributed by atoms with Crippen molar-refractivity contribution in [2.24, 2.45) is 5.92 Å². The fourth-order valence-electron chi connectivity index (χ4n) is 1.35. The summed E-state index contributed by atoms with van der Waals surface area (Å²) in [6.45, 7) is 4.32. The SMILES string of the molecule is CC(C)Cc1nc(C(=O)NC2CC2)cs1. The Balaban J connectivity index is 1.95. The Morgan fingerprint density at radius 3 is 3.00 bits per heavy atom. The summed E-state index contributed by atoms with van der Waals surface area (Å²) in [6.07, 6.45) is 3.20. The molecule has 1 aromatic rings.